The second kappa shape index (κ2) is 13.3. The zero-order valence-corrected chi connectivity index (χ0v) is 12.3. The minimum absolute atomic E-state index is 0.377. The van der Waals surface area contributed by atoms with Crippen molar-refractivity contribution in [1.82, 2.24) is 5.32 Å². The van der Waals surface area contributed by atoms with Crippen LogP contribution in [0.4, 0.5) is 0 Å². The van der Waals surface area contributed by atoms with E-state index < -0.39 is 6.10 Å². The summed E-state index contributed by atoms with van der Waals surface area (Å²) in [6.45, 7) is 9.17. The van der Waals surface area contributed by atoms with Crippen LogP contribution in [-0.2, 0) is 9.47 Å². The Labute approximate surface area is 112 Å². The molecule has 0 aliphatic carbocycles. The summed E-state index contributed by atoms with van der Waals surface area (Å²) in [5.41, 5.74) is 0. The summed E-state index contributed by atoms with van der Waals surface area (Å²) in [6, 6.07) is 0.467. The summed E-state index contributed by atoms with van der Waals surface area (Å²) in [6.07, 6.45) is 4.54. The maximum absolute atomic E-state index is 9.70. The van der Waals surface area contributed by atoms with Crippen LogP contribution in [0.1, 0.15) is 46.5 Å². The van der Waals surface area contributed by atoms with Gasteiger partial charge < -0.3 is 19.9 Å². The Morgan fingerprint density at radius 2 is 1.83 bits per heavy atom. The highest BCUT2D eigenvalue weighted by atomic mass is 16.5. The topological polar surface area (TPSA) is 50.7 Å². The van der Waals surface area contributed by atoms with Crippen molar-refractivity contribution in [2.45, 2.75) is 58.6 Å². The molecular formula is C14H31NO3. The Bertz CT molecular complexity index is 167. The molecule has 0 saturated carbocycles. The van der Waals surface area contributed by atoms with Gasteiger partial charge in [0.15, 0.2) is 0 Å². The van der Waals surface area contributed by atoms with Crippen LogP contribution in [0, 0.1) is 0 Å². The average molecular weight is 261 g/mol. The molecule has 0 aromatic rings. The molecule has 110 valence electrons. The van der Waals surface area contributed by atoms with E-state index in [1.807, 2.05) is 6.92 Å². The molecule has 0 saturated heterocycles. The fourth-order valence-electron chi connectivity index (χ4n) is 1.68. The van der Waals surface area contributed by atoms with E-state index in [4.69, 9.17) is 9.47 Å². The fourth-order valence-corrected chi connectivity index (χ4v) is 1.68. The fraction of sp³-hybridized carbons (Fsp3) is 1.00. The zero-order chi connectivity index (χ0) is 13.6. The van der Waals surface area contributed by atoms with Crippen LogP contribution in [0.25, 0.3) is 0 Å². The molecule has 0 spiro atoms. The first-order chi connectivity index (χ1) is 8.70. The average Bonchev–Trinajstić information content (AvgIpc) is 2.36. The predicted molar refractivity (Wildman–Crippen MR) is 74.9 cm³/mol. The molecular weight excluding hydrogens is 230 g/mol. The van der Waals surface area contributed by atoms with Gasteiger partial charge in [0.2, 0.25) is 0 Å². The lowest BCUT2D eigenvalue weighted by Crippen LogP contribution is -2.36. The number of unbranched alkanes of at least 4 members (excludes halogenated alkanes) is 2. The minimum atomic E-state index is -0.430. The number of aliphatic hydroxyl groups is 1. The van der Waals surface area contributed by atoms with Gasteiger partial charge in [-0.3, -0.25) is 0 Å². The van der Waals surface area contributed by atoms with Crippen molar-refractivity contribution in [2.24, 2.45) is 0 Å². The van der Waals surface area contributed by atoms with Crippen molar-refractivity contribution in [3.63, 3.8) is 0 Å². The molecule has 0 amide bonds. The summed E-state index contributed by atoms with van der Waals surface area (Å²) in [5.74, 6) is 0. The smallest absolute Gasteiger partial charge is 0.0897 e. The molecule has 2 atom stereocenters. The van der Waals surface area contributed by atoms with Crippen LogP contribution < -0.4 is 5.32 Å². The molecule has 0 aliphatic rings. The van der Waals surface area contributed by atoms with Crippen molar-refractivity contribution >= 4 is 0 Å². The van der Waals surface area contributed by atoms with Crippen LogP contribution in [0.3, 0.4) is 0 Å². The number of ether oxygens (including phenoxy) is 2. The van der Waals surface area contributed by atoms with Crippen LogP contribution in [0.2, 0.25) is 0 Å². The first kappa shape index (κ1) is 17.8. The lowest BCUT2D eigenvalue weighted by atomic mass is 10.1. The maximum Gasteiger partial charge on any atom is 0.0897 e. The Morgan fingerprint density at radius 1 is 1.11 bits per heavy atom. The lowest BCUT2D eigenvalue weighted by molar-refractivity contribution is 0.00579. The first-order valence-electron chi connectivity index (χ1n) is 7.27. The van der Waals surface area contributed by atoms with Crippen molar-refractivity contribution in [3.8, 4) is 0 Å². The third-order valence-electron chi connectivity index (χ3n) is 2.83. The van der Waals surface area contributed by atoms with Gasteiger partial charge in [0.05, 0.1) is 25.9 Å². The molecule has 2 N–H and O–H groups in total. The number of nitrogens with one attached hydrogen (secondary N) is 1. The molecule has 0 radical (unpaired) electrons. The van der Waals surface area contributed by atoms with E-state index in [1.165, 1.54) is 25.7 Å². The van der Waals surface area contributed by atoms with Gasteiger partial charge in [-0.05, 0) is 20.3 Å². The highest BCUT2D eigenvalue weighted by Gasteiger charge is 2.07. The van der Waals surface area contributed by atoms with E-state index in [1.54, 1.807) is 0 Å². The largest absolute Gasteiger partial charge is 0.389 e. The first-order valence-corrected chi connectivity index (χ1v) is 7.27. The van der Waals surface area contributed by atoms with Crippen LogP contribution >= 0.6 is 0 Å². The van der Waals surface area contributed by atoms with E-state index in [0.717, 1.165) is 0 Å². The normalized spacial score (nSPS) is 14.7. The second-order valence-electron chi connectivity index (χ2n) is 4.73. The van der Waals surface area contributed by atoms with Crippen LogP contribution in [-0.4, -0.2) is 50.2 Å². The van der Waals surface area contributed by atoms with E-state index in [2.05, 4.69) is 19.2 Å². The molecule has 4 nitrogen and oxygen atoms in total. The number of hydrogen-bond acceptors (Lipinski definition) is 4. The monoisotopic (exact) mass is 261 g/mol. The molecule has 0 aromatic carbocycles. The SMILES string of the molecule is CCCCCC(C)NCC(O)COCCOCC. The Kier molecular flexibility index (Phi) is 13.2. The quantitative estimate of drug-likeness (QED) is 0.498. The second-order valence-corrected chi connectivity index (χ2v) is 4.73. The molecule has 18 heavy (non-hydrogen) atoms. The van der Waals surface area contributed by atoms with Gasteiger partial charge in [0.25, 0.3) is 0 Å². The van der Waals surface area contributed by atoms with Crippen molar-refractivity contribution in [1.29, 1.82) is 0 Å². The van der Waals surface area contributed by atoms with Gasteiger partial charge >= 0.3 is 0 Å². The molecule has 0 fully saturated rings. The number of hydrogen-bond donors (Lipinski definition) is 2. The van der Waals surface area contributed by atoms with Gasteiger partial charge in [0.1, 0.15) is 0 Å². The molecule has 0 bridgehead atoms. The van der Waals surface area contributed by atoms with E-state index in [-0.39, 0.29) is 0 Å². The molecule has 0 rings (SSSR count). The summed E-state index contributed by atoms with van der Waals surface area (Å²) in [5, 5.41) is 13.0. The summed E-state index contributed by atoms with van der Waals surface area (Å²) in [4.78, 5) is 0. The maximum atomic E-state index is 9.70. The number of aliphatic hydroxyl groups excluding tert-OH is 1. The van der Waals surface area contributed by atoms with Gasteiger partial charge in [-0.25, -0.2) is 0 Å². The van der Waals surface area contributed by atoms with Crippen molar-refractivity contribution in [2.75, 3.05) is 33.0 Å². The third kappa shape index (κ3) is 12.3. The highest BCUT2D eigenvalue weighted by Crippen LogP contribution is 2.02. The predicted octanol–water partition coefficient (Wildman–Crippen LogP) is 1.96. The summed E-state index contributed by atoms with van der Waals surface area (Å²) in [7, 11) is 0. The van der Waals surface area contributed by atoms with Crippen molar-refractivity contribution in [3.05, 3.63) is 0 Å². The van der Waals surface area contributed by atoms with Gasteiger partial charge in [0, 0.05) is 19.2 Å². The van der Waals surface area contributed by atoms with E-state index in [9.17, 15) is 5.11 Å². The van der Waals surface area contributed by atoms with Gasteiger partial charge in [-0.15, -0.1) is 0 Å². The van der Waals surface area contributed by atoms with Gasteiger partial charge in [-0.2, -0.15) is 0 Å². The molecule has 0 heterocycles. The van der Waals surface area contributed by atoms with E-state index in [0.29, 0.717) is 39.0 Å². The molecule has 0 aliphatic heterocycles. The summed E-state index contributed by atoms with van der Waals surface area (Å²) < 4.78 is 10.5. The van der Waals surface area contributed by atoms with E-state index >= 15 is 0 Å². The summed E-state index contributed by atoms with van der Waals surface area (Å²) >= 11 is 0. The lowest BCUT2D eigenvalue weighted by Gasteiger charge is -2.17. The molecule has 2 unspecified atom stereocenters. The zero-order valence-electron chi connectivity index (χ0n) is 12.3. The third-order valence-corrected chi connectivity index (χ3v) is 2.83. The minimum Gasteiger partial charge on any atom is -0.389 e. The Morgan fingerprint density at radius 3 is 2.50 bits per heavy atom. The highest BCUT2D eigenvalue weighted by molar-refractivity contribution is 4.65. The molecule has 4 heteroatoms. The molecule has 0 aromatic heterocycles. The Balaban J connectivity index is 3.31. The number of rotatable bonds is 13. The van der Waals surface area contributed by atoms with Crippen LogP contribution in [0.5, 0.6) is 0 Å². The standard InChI is InChI=1S/C14H31NO3/c1-4-6-7-8-13(3)15-11-14(16)12-18-10-9-17-5-2/h13-16H,4-12H2,1-3H3. The Hall–Kier alpha value is -0.160. The van der Waals surface area contributed by atoms with Gasteiger partial charge in [-0.1, -0.05) is 26.2 Å². The van der Waals surface area contributed by atoms with Crippen molar-refractivity contribution < 1.29 is 14.6 Å². The van der Waals surface area contributed by atoms with Crippen LogP contribution in [0.15, 0.2) is 0 Å².